The third-order valence-electron chi connectivity index (χ3n) is 5.89. The van der Waals surface area contributed by atoms with Crippen molar-refractivity contribution in [2.45, 2.75) is 38.2 Å². The maximum Gasteiger partial charge on any atom is 0.323 e. The first-order chi connectivity index (χ1) is 16.0. The van der Waals surface area contributed by atoms with Gasteiger partial charge in [-0.3, -0.25) is 4.79 Å². The number of carbonyl (C=O) groups is 2. The van der Waals surface area contributed by atoms with E-state index in [0.29, 0.717) is 23.5 Å². The van der Waals surface area contributed by atoms with E-state index in [2.05, 4.69) is 20.9 Å². The molecule has 2 aliphatic rings. The van der Waals surface area contributed by atoms with Gasteiger partial charge in [0, 0.05) is 43.3 Å². The normalized spacial score (nSPS) is 18.1. The fraction of sp³-hybridized carbons (Fsp3) is 0.417. The molecule has 9 heteroatoms. The highest BCUT2D eigenvalue weighted by Crippen LogP contribution is 2.28. The lowest BCUT2D eigenvalue weighted by molar-refractivity contribution is 0.0858. The highest BCUT2D eigenvalue weighted by atomic mass is 35.5. The molecule has 2 aromatic rings. The van der Waals surface area contributed by atoms with Crippen LogP contribution < -0.4 is 20.9 Å². The molecule has 2 saturated heterocycles. The molecular formula is C24H28ClFN4O3. The Morgan fingerprint density at radius 3 is 2.45 bits per heavy atom. The lowest BCUT2D eigenvalue weighted by atomic mass is 10.1. The van der Waals surface area contributed by atoms with Crippen molar-refractivity contribution in [3.05, 3.63) is 52.8 Å². The first kappa shape index (κ1) is 23.3. The maximum atomic E-state index is 13.3. The molecule has 4 rings (SSSR count). The summed E-state index contributed by atoms with van der Waals surface area (Å²) in [6, 6.07) is 8.75. The largest absolute Gasteiger partial charge is 0.376 e. The second-order valence-electron chi connectivity index (χ2n) is 8.33. The molecule has 0 aliphatic carbocycles. The number of rotatable bonds is 6. The SMILES string of the molecule is O=C(Nc1ccc(F)c(Cl)c1)Nc1ccc(N2CCCCC2)c(C(=O)NCC2CCCO2)c1. The Bertz CT molecular complexity index is 1010. The molecule has 7 nitrogen and oxygen atoms in total. The van der Waals surface area contributed by atoms with Crippen molar-refractivity contribution in [1.82, 2.24) is 5.32 Å². The number of piperidine rings is 1. The van der Waals surface area contributed by atoms with Crippen LogP contribution in [0.1, 0.15) is 42.5 Å². The third kappa shape index (κ3) is 6.15. The van der Waals surface area contributed by atoms with Gasteiger partial charge in [-0.2, -0.15) is 0 Å². The summed E-state index contributed by atoms with van der Waals surface area (Å²) in [5, 5.41) is 8.26. The first-order valence-corrected chi connectivity index (χ1v) is 11.7. The van der Waals surface area contributed by atoms with Gasteiger partial charge in [-0.05, 0) is 68.5 Å². The minimum Gasteiger partial charge on any atom is -0.376 e. The summed E-state index contributed by atoms with van der Waals surface area (Å²) < 4.78 is 19.0. The summed E-state index contributed by atoms with van der Waals surface area (Å²) in [5.41, 5.74) is 2.20. The number of benzene rings is 2. The van der Waals surface area contributed by atoms with Crippen LogP contribution in [0.25, 0.3) is 0 Å². The molecule has 2 heterocycles. The van der Waals surface area contributed by atoms with E-state index in [1.54, 1.807) is 12.1 Å². The number of urea groups is 1. The molecule has 0 radical (unpaired) electrons. The van der Waals surface area contributed by atoms with Crippen molar-refractivity contribution < 1.29 is 18.7 Å². The second-order valence-corrected chi connectivity index (χ2v) is 8.74. The average Bonchev–Trinajstić information content (AvgIpc) is 3.34. The van der Waals surface area contributed by atoms with Crippen molar-refractivity contribution in [2.75, 3.05) is 41.8 Å². The van der Waals surface area contributed by atoms with Gasteiger partial charge in [0.1, 0.15) is 5.82 Å². The Hall–Kier alpha value is -2.84. The number of hydrogen-bond acceptors (Lipinski definition) is 4. The van der Waals surface area contributed by atoms with Crippen LogP contribution in [0, 0.1) is 5.82 Å². The smallest absolute Gasteiger partial charge is 0.323 e. The van der Waals surface area contributed by atoms with Crippen LogP contribution in [0.15, 0.2) is 36.4 Å². The van der Waals surface area contributed by atoms with Crippen LogP contribution >= 0.6 is 11.6 Å². The fourth-order valence-corrected chi connectivity index (χ4v) is 4.36. The monoisotopic (exact) mass is 474 g/mol. The van der Waals surface area contributed by atoms with E-state index in [1.165, 1.54) is 24.6 Å². The zero-order valence-corrected chi connectivity index (χ0v) is 19.1. The van der Waals surface area contributed by atoms with Gasteiger partial charge >= 0.3 is 6.03 Å². The van der Waals surface area contributed by atoms with Gasteiger partial charge in [-0.1, -0.05) is 11.6 Å². The topological polar surface area (TPSA) is 82.7 Å². The number of halogens is 2. The predicted molar refractivity (Wildman–Crippen MR) is 128 cm³/mol. The molecule has 3 amide bonds. The Morgan fingerprint density at radius 2 is 1.76 bits per heavy atom. The van der Waals surface area contributed by atoms with E-state index >= 15 is 0 Å². The molecule has 2 aromatic carbocycles. The molecule has 1 unspecified atom stereocenters. The molecule has 2 aliphatic heterocycles. The Labute approximate surface area is 197 Å². The zero-order chi connectivity index (χ0) is 23.2. The summed E-state index contributed by atoms with van der Waals surface area (Å²) in [6.07, 6.45) is 5.34. The fourth-order valence-electron chi connectivity index (χ4n) is 4.18. The van der Waals surface area contributed by atoms with E-state index < -0.39 is 11.8 Å². The molecule has 0 aromatic heterocycles. The van der Waals surface area contributed by atoms with Crippen LogP contribution in [-0.2, 0) is 4.74 Å². The molecule has 176 valence electrons. The van der Waals surface area contributed by atoms with Gasteiger partial charge < -0.3 is 25.6 Å². The first-order valence-electron chi connectivity index (χ1n) is 11.3. The van der Waals surface area contributed by atoms with Crippen LogP contribution in [0.3, 0.4) is 0 Å². The highest BCUT2D eigenvalue weighted by molar-refractivity contribution is 6.31. The van der Waals surface area contributed by atoms with E-state index in [4.69, 9.17) is 16.3 Å². The van der Waals surface area contributed by atoms with E-state index in [-0.39, 0.29) is 17.0 Å². The standard InChI is InChI=1S/C24H28ClFN4O3/c25-20-14-17(6-8-21(20)26)29-24(32)28-16-7-9-22(30-10-2-1-3-11-30)19(13-16)23(31)27-15-18-5-4-12-33-18/h6-9,13-14,18H,1-5,10-12,15H2,(H,27,31)(H2,28,29,32). The zero-order valence-electron chi connectivity index (χ0n) is 18.3. The Morgan fingerprint density at radius 1 is 1.03 bits per heavy atom. The molecule has 0 spiro atoms. The summed E-state index contributed by atoms with van der Waals surface area (Å²) in [4.78, 5) is 27.8. The van der Waals surface area contributed by atoms with Gasteiger partial charge in [-0.15, -0.1) is 0 Å². The van der Waals surface area contributed by atoms with Gasteiger partial charge in [0.25, 0.3) is 5.91 Å². The van der Waals surface area contributed by atoms with Gasteiger partial charge in [-0.25, -0.2) is 9.18 Å². The van der Waals surface area contributed by atoms with Crippen LogP contribution in [0.4, 0.5) is 26.2 Å². The minimum absolute atomic E-state index is 0.0435. The van der Waals surface area contributed by atoms with E-state index in [1.807, 2.05) is 6.07 Å². The molecule has 2 fully saturated rings. The summed E-state index contributed by atoms with van der Waals surface area (Å²) in [6.45, 7) is 2.98. The number of nitrogens with zero attached hydrogens (tertiary/aromatic N) is 1. The number of carbonyl (C=O) groups excluding carboxylic acids is 2. The maximum absolute atomic E-state index is 13.3. The van der Waals surface area contributed by atoms with E-state index in [9.17, 15) is 14.0 Å². The van der Waals surface area contributed by atoms with Gasteiger partial charge in [0.15, 0.2) is 0 Å². The minimum atomic E-state index is -0.561. The Balaban J connectivity index is 1.48. The summed E-state index contributed by atoms with van der Waals surface area (Å²) in [5.74, 6) is -0.755. The van der Waals surface area contributed by atoms with Crippen LogP contribution in [0.5, 0.6) is 0 Å². The second kappa shape index (κ2) is 10.9. The summed E-state index contributed by atoms with van der Waals surface area (Å²) in [7, 11) is 0. The molecule has 3 N–H and O–H groups in total. The number of amides is 3. The lowest BCUT2D eigenvalue weighted by Crippen LogP contribution is -2.35. The van der Waals surface area contributed by atoms with Crippen molar-refractivity contribution in [3.8, 4) is 0 Å². The predicted octanol–water partition coefficient (Wildman–Crippen LogP) is 5.02. The van der Waals surface area contributed by atoms with Gasteiger partial charge in [0.05, 0.1) is 16.7 Å². The third-order valence-corrected chi connectivity index (χ3v) is 6.18. The van der Waals surface area contributed by atoms with Gasteiger partial charge in [0.2, 0.25) is 0 Å². The van der Waals surface area contributed by atoms with E-state index in [0.717, 1.165) is 51.1 Å². The molecule has 1 atom stereocenters. The average molecular weight is 475 g/mol. The van der Waals surface area contributed by atoms with Crippen molar-refractivity contribution in [3.63, 3.8) is 0 Å². The Kier molecular flexibility index (Phi) is 7.67. The molecule has 0 bridgehead atoms. The van der Waals surface area contributed by atoms with Crippen LogP contribution in [0.2, 0.25) is 5.02 Å². The number of nitrogens with one attached hydrogen (secondary N) is 3. The molecule has 0 saturated carbocycles. The molecule has 33 heavy (non-hydrogen) atoms. The quantitative estimate of drug-likeness (QED) is 0.549. The highest BCUT2D eigenvalue weighted by Gasteiger charge is 2.22. The van der Waals surface area contributed by atoms with Crippen LogP contribution in [-0.4, -0.2) is 44.3 Å². The summed E-state index contributed by atoms with van der Waals surface area (Å²) >= 11 is 5.78. The van der Waals surface area contributed by atoms with Crippen molar-refractivity contribution in [1.29, 1.82) is 0 Å². The number of hydrogen-bond donors (Lipinski definition) is 3. The number of anilines is 3. The van der Waals surface area contributed by atoms with Crippen molar-refractivity contribution in [2.24, 2.45) is 0 Å². The van der Waals surface area contributed by atoms with Crippen molar-refractivity contribution >= 4 is 40.6 Å². The molecular weight excluding hydrogens is 447 g/mol. The number of ether oxygens (including phenoxy) is 1. The lowest BCUT2D eigenvalue weighted by Gasteiger charge is -2.30.